The molecule has 90 valence electrons. The first-order valence-electron chi connectivity index (χ1n) is 6.30. The Morgan fingerprint density at radius 1 is 1.38 bits per heavy atom. The van der Waals surface area contributed by atoms with Crippen LogP contribution in [0, 0.1) is 22.7 Å². The van der Waals surface area contributed by atoms with Gasteiger partial charge in [-0.3, -0.25) is 4.79 Å². The third-order valence-corrected chi connectivity index (χ3v) is 3.90. The van der Waals surface area contributed by atoms with E-state index in [9.17, 15) is 10.1 Å². The summed E-state index contributed by atoms with van der Waals surface area (Å²) in [4.78, 5) is 14.2. The van der Waals surface area contributed by atoms with E-state index in [1.165, 1.54) is 0 Å². The molecule has 0 radical (unpaired) electrons. The van der Waals surface area contributed by atoms with Crippen LogP contribution in [0.15, 0.2) is 0 Å². The van der Waals surface area contributed by atoms with Crippen molar-refractivity contribution in [1.82, 2.24) is 4.90 Å². The first kappa shape index (κ1) is 13.0. The minimum Gasteiger partial charge on any atom is -0.341 e. The lowest BCUT2D eigenvalue weighted by Crippen LogP contribution is -2.46. The number of rotatable bonds is 3. The zero-order valence-corrected chi connectivity index (χ0v) is 10.6. The van der Waals surface area contributed by atoms with Gasteiger partial charge >= 0.3 is 0 Å². The topological polar surface area (TPSA) is 44.1 Å². The second-order valence-electron chi connectivity index (χ2n) is 4.88. The third kappa shape index (κ3) is 2.37. The molecule has 1 saturated heterocycles. The molecular weight excluding hydrogens is 200 g/mol. The minimum absolute atomic E-state index is 0.0481. The predicted molar refractivity (Wildman–Crippen MR) is 63.6 cm³/mol. The standard InChI is InChI=1S/C13H22N2O/c1-4-13(5-2,10-14)12(16)15-8-6-11(3)7-9-15/h11H,4-9H2,1-3H3. The van der Waals surface area contributed by atoms with Crippen molar-refractivity contribution < 1.29 is 4.79 Å². The molecule has 1 fully saturated rings. The van der Waals surface area contributed by atoms with Gasteiger partial charge in [0.05, 0.1) is 6.07 Å². The molecule has 3 nitrogen and oxygen atoms in total. The van der Waals surface area contributed by atoms with E-state index < -0.39 is 5.41 Å². The molecule has 0 unspecified atom stereocenters. The van der Waals surface area contributed by atoms with Crippen LogP contribution in [0.2, 0.25) is 0 Å². The zero-order chi connectivity index (χ0) is 12.2. The molecule has 1 aliphatic rings. The van der Waals surface area contributed by atoms with Crippen molar-refractivity contribution in [3.63, 3.8) is 0 Å². The second-order valence-corrected chi connectivity index (χ2v) is 4.88. The fourth-order valence-corrected chi connectivity index (χ4v) is 2.27. The molecule has 1 amide bonds. The Kier molecular flexibility index (Phi) is 4.35. The highest BCUT2D eigenvalue weighted by atomic mass is 16.2. The molecular formula is C13H22N2O. The zero-order valence-electron chi connectivity index (χ0n) is 10.6. The number of hydrogen-bond donors (Lipinski definition) is 0. The number of nitrogens with zero attached hydrogens (tertiary/aromatic N) is 2. The lowest BCUT2D eigenvalue weighted by molar-refractivity contribution is -0.140. The molecule has 0 spiro atoms. The highest BCUT2D eigenvalue weighted by molar-refractivity contribution is 5.85. The van der Waals surface area contributed by atoms with Crippen molar-refractivity contribution in [1.29, 1.82) is 5.26 Å². The summed E-state index contributed by atoms with van der Waals surface area (Å²) in [7, 11) is 0. The fraction of sp³-hybridized carbons (Fsp3) is 0.846. The molecule has 1 aliphatic heterocycles. The maximum atomic E-state index is 12.3. The summed E-state index contributed by atoms with van der Waals surface area (Å²) >= 11 is 0. The van der Waals surface area contributed by atoms with E-state index >= 15 is 0 Å². The molecule has 0 atom stereocenters. The molecule has 1 rings (SSSR count). The van der Waals surface area contributed by atoms with Crippen molar-refractivity contribution >= 4 is 5.91 Å². The molecule has 0 aromatic heterocycles. The van der Waals surface area contributed by atoms with Crippen LogP contribution in [-0.2, 0) is 4.79 Å². The van der Waals surface area contributed by atoms with Gasteiger partial charge in [-0.05, 0) is 31.6 Å². The molecule has 0 aromatic rings. The van der Waals surface area contributed by atoms with Gasteiger partial charge in [-0.15, -0.1) is 0 Å². The van der Waals surface area contributed by atoms with Crippen LogP contribution in [0.4, 0.5) is 0 Å². The van der Waals surface area contributed by atoms with Crippen molar-refractivity contribution in [2.45, 2.75) is 46.5 Å². The predicted octanol–water partition coefficient (Wildman–Crippen LogP) is 2.57. The normalized spacial score (nSPS) is 18.2. The SMILES string of the molecule is CCC(C#N)(CC)C(=O)N1CCC(C)CC1. The number of nitriles is 1. The molecule has 0 aromatic carbocycles. The van der Waals surface area contributed by atoms with E-state index in [2.05, 4.69) is 13.0 Å². The number of amides is 1. The molecule has 3 heteroatoms. The highest BCUT2D eigenvalue weighted by Crippen LogP contribution is 2.30. The van der Waals surface area contributed by atoms with Gasteiger partial charge < -0.3 is 4.90 Å². The van der Waals surface area contributed by atoms with E-state index in [1.54, 1.807) is 0 Å². The molecule has 0 bridgehead atoms. The lowest BCUT2D eigenvalue weighted by Gasteiger charge is -2.35. The lowest BCUT2D eigenvalue weighted by atomic mass is 9.81. The highest BCUT2D eigenvalue weighted by Gasteiger charge is 2.39. The van der Waals surface area contributed by atoms with Crippen LogP contribution in [0.5, 0.6) is 0 Å². The number of carbonyl (C=O) groups is 1. The van der Waals surface area contributed by atoms with Gasteiger partial charge in [0.1, 0.15) is 5.41 Å². The Balaban J connectivity index is 2.73. The summed E-state index contributed by atoms with van der Waals surface area (Å²) in [5, 5.41) is 9.23. The van der Waals surface area contributed by atoms with Gasteiger partial charge in [0.25, 0.3) is 0 Å². The van der Waals surface area contributed by atoms with Crippen LogP contribution < -0.4 is 0 Å². The Morgan fingerprint density at radius 3 is 2.25 bits per heavy atom. The van der Waals surface area contributed by atoms with Crippen molar-refractivity contribution in [3.05, 3.63) is 0 Å². The summed E-state index contributed by atoms with van der Waals surface area (Å²) in [6, 6.07) is 2.23. The van der Waals surface area contributed by atoms with E-state index in [-0.39, 0.29) is 5.91 Å². The van der Waals surface area contributed by atoms with Crippen LogP contribution in [0.25, 0.3) is 0 Å². The Hall–Kier alpha value is -1.04. The summed E-state index contributed by atoms with van der Waals surface area (Å²) in [6.45, 7) is 7.72. The van der Waals surface area contributed by atoms with Crippen molar-refractivity contribution in [3.8, 4) is 6.07 Å². The quantitative estimate of drug-likeness (QED) is 0.736. The number of likely N-dealkylation sites (tertiary alicyclic amines) is 1. The van der Waals surface area contributed by atoms with Gasteiger partial charge in [-0.1, -0.05) is 20.8 Å². The molecule has 1 heterocycles. The average molecular weight is 222 g/mol. The van der Waals surface area contributed by atoms with E-state index in [0.29, 0.717) is 18.8 Å². The number of carbonyl (C=O) groups excluding carboxylic acids is 1. The van der Waals surface area contributed by atoms with E-state index in [4.69, 9.17) is 0 Å². The summed E-state index contributed by atoms with van der Waals surface area (Å²) in [5.74, 6) is 0.760. The minimum atomic E-state index is -0.777. The monoisotopic (exact) mass is 222 g/mol. The number of hydrogen-bond acceptors (Lipinski definition) is 2. The summed E-state index contributed by atoms with van der Waals surface area (Å²) < 4.78 is 0. The van der Waals surface area contributed by atoms with Crippen molar-refractivity contribution in [2.75, 3.05) is 13.1 Å². The fourth-order valence-electron chi connectivity index (χ4n) is 2.27. The summed E-state index contributed by atoms with van der Waals surface area (Å²) in [5.41, 5.74) is -0.777. The smallest absolute Gasteiger partial charge is 0.243 e. The van der Waals surface area contributed by atoms with Gasteiger partial charge in [0.2, 0.25) is 5.91 Å². The maximum absolute atomic E-state index is 12.3. The van der Waals surface area contributed by atoms with Gasteiger partial charge in [-0.2, -0.15) is 5.26 Å². The Bertz CT molecular complexity index is 281. The Morgan fingerprint density at radius 2 is 1.88 bits per heavy atom. The molecule has 0 aliphatic carbocycles. The first-order valence-corrected chi connectivity index (χ1v) is 6.30. The third-order valence-electron chi connectivity index (χ3n) is 3.90. The first-order chi connectivity index (χ1) is 7.59. The largest absolute Gasteiger partial charge is 0.341 e. The van der Waals surface area contributed by atoms with E-state index in [1.807, 2.05) is 18.7 Å². The van der Waals surface area contributed by atoms with Crippen LogP contribution in [-0.4, -0.2) is 23.9 Å². The van der Waals surface area contributed by atoms with Crippen LogP contribution in [0.1, 0.15) is 46.5 Å². The molecule has 0 N–H and O–H groups in total. The van der Waals surface area contributed by atoms with Crippen LogP contribution in [0.3, 0.4) is 0 Å². The van der Waals surface area contributed by atoms with Gasteiger partial charge in [0.15, 0.2) is 0 Å². The number of piperidine rings is 1. The van der Waals surface area contributed by atoms with Gasteiger partial charge in [-0.25, -0.2) is 0 Å². The maximum Gasteiger partial charge on any atom is 0.243 e. The van der Waals surface area contributed by atoms with Crippen molar-refractivity contribution in [2.24, 2.45) is 11.3 Å². The van der Waals surface area contributed by atoms with Gasteiger partial charge in [0, 0.05) is 13.1 Å². The van der Waals surface area contributed by atoms with E-state index in [0.717, 1.165) is 25.9 Å². The second kappa shape index (κ2) is 5.34. The summed E-state index contributed by atoms with van der Waals surface area (Å²) in [6.07, 6.45) is 3.37. The average Bonchev–Trinajstić information content (AvgIpc) is 2.33. The van der Waals surface area contributed by atoms with Crippen LogP contribution >= 0.6 is 0 Å². The molecule has 16 heavy (non-hydrogen) atoms. The molecule has 0 saturated carbocycles. The Labute approximate surface area is 98.4 Å².